The number of nitrogens with one attached hydrogen (secondary N) is 1. The Morgan fingerprint density at radius 1 is 1.06 bits per heavy atom. The van der Waals surface area contributed by atoms with Gasteiger partial charge in [0.15, 0.2) is 22.4 Å². The largest absolute Gasteiger partial charge is 0.490 e. The summed E-state index contributed by atoms with van der Waals surface area (Å²) < 4.78 is 18.9. The van der Waals surface area contributed by atoms with Crippen LogP contribution >= 0.6 is 11.8 Å². The maximum atomic E-state index is 12.8. The quantitative estimate of drug-likeness (QED) is 0.388. The summed E-state index contributed by atoms with van der Waals surface area (Å²) in [6.45, 7) is 3.21. The van der Waals surface area contributed by atoms with Gasteiger partial charge in [0.05, 0.1) is 31.3 Å². The molecule has 3 heterocycles. The van der Waals surface area contributed by atoms with E-state index in [-0.39, 0.29) is 17.7 Å². The van der Waals surface area contributed by atoms with E-state index in [2.05, 4.69) is 15.5 Å². The monoisotopic (exact) mass is 476 g/mol. The lowest BCUT2D eigenvalue weighted by atomic mass is 10.1. The average molecular weight is 477 g/mol. The van der Waals surface area contributed by atoms with Crippen molar-refractivity contribution in [3.63, 3.8) is 0 Å². The van der Waals surface area contributed by atoms with E-state index in [9.17, 15) is 4.79 Å². The number of thioether (sulfide) groups is 1. The number of hydrogen-bond acceptors (Lipinski definition) is 7. The summed E-state index contributed by atoms with van der Waals surface area (Å²) in [6, 6.07) is 19.0. The smallest absolute Gasteiger partial charge is 0.230 e. The number of carbonyl (C=O) groups is 1. The summed E-state index contributed by atoms with van der Waals surface area (Å²) in [5.41, 5.74) is 1.84. The molecular formula is C25H24N4O4S. The Kier molecular flexibility index (Phi) is 6.53. The molecule has 0 unspecified atom stereocenters. The number of carbonyl (C=O) groups excluding carboxylic acids is 1. The summed E-state index contributed by atoms with van der Waals surface area (Å²) in [4.78, 5) is 12.8. The molecule has 0 saturated heterocycles. The summed E-state index contributed by atoms with van der Waals surface area (Å²) in [5, 5.41) is 12.3. The third-order valence-corrected chi connectivity index (χ3v) is 6.30. The molecule has 1 aliphatic heterocycles. The van der Waals surface area contributed by atoms with Crippen molar-refractivity contribution in [1.82, 2.24) is 20.1 Å². The zero-order valence-electron chi connectivity index (χ0n) is 18.6. The minimum atomic E-state index is -0.184. The highest BCUT2D eigenvalue weighted by Gasteiger charge is 2.20. The summed E-state index contributed by atoms with van der Waals surface area (Å²) in [6.07, 6.45) is 2.45. The van der Waals surface area contributed by atoms with Crippen LogP contribution in [0, 0.1) is 0 Å². The Bertz CT molecular complexity index is 1260. The van der Waals surface area contributed by atoms with Gasteiger partial charge in [-0.15, -0.1) is 10.2 Å². The highest BCUT2D eigenvalue weighted by Crippen LogP contribution is 2.32. The molecule has 1 N–H and O–H groups in total. The molecule has 5 rings (SSSR count). The second kappa shape index (κ2) is 10.0. The zero-order chi connectivity index (χ0) is 23.3. The third kappa shape index (κ3) is 4.79. The Hall–Kier alpha value is -3.72. The Morgan fingerprint density at radius 3 is 2.68 bits per heavy atom. The van der Waals surface area contributed by atoms with E-state index in [0.29, 0.717) is 35.7 Å². The summed E-state index contributed by atoms with van der Waals surface area (Å²) in [5.74, 6) is 2.73. The number of amides is 1. The van der Waals surface area contributed by atoms with Crippen LogP contribution in [0.4, 0.5) is 0 Å². The predicted octanol–water partition coefficient (Wildman–Crippen LogP) is 4.66. The number of para-hydroxylation sites is 1. The number of ether oxygens (including phenoxy) is 2. The van der Waals surface area contributed by atoms with Crippen molar-refractivity contribution in [2.45, 2.75) is 24.5 Å². The molecule has 1 atom stereocenters. The lowest BCUT2D eigenvalue weighted by molar-refractivity contribution is -0.119. The number of benzene rings is 2. The maximum Gasteiger partial charge on any atom is 0.230 e. The maximum absolute atomic E-state index is 12.8. The molecule has 0 spiro atoms. The van der Waals surface area contributed by atoms with E-state index >= 15 is 0 Å². The van der Waals surface area contributed by atoms with Crippen molar-refractivity contribution >= 4 is 17.7 Å². The first-order valence-corrected chi connectivity index (χ1v) is 12.0. The molecule has 8 nitrogen and oxygen atoms in total. The van der Waals surface area contributed by atoms with Crippen LogP contribution in [-0.4, -0.2) is 39.6 Å². The van der Waals surface area contributed by atoms with E-state index in [1.807, 2.05) is 66.1 Å². The van der Waals surface area contributed by atoms with Crippen LogP contribution in [0.15, 0.2) is 76.5 Å². The van der Waals surface area contributed by atoms with Crippen LogP contribution in [0.25, 0.3) is 17.3 Å². The van der Waals surface area contributed by atoms with Gasteiger partial charge in [-0.1, -0.05) is 36.0 Å². The van der Waals surface area contributed by atoms with E-state index in [1.54, 1.807) is 12.3 Å². The van der Waals surface area contributed by atoms with E-state index in [0.717, 1.165) is 23.4 Å². The number of fused-ring (bicyclic) bond motifs is 1. The van der Waals surface area contributed by atoms with Crippen LogP contribution in [0.1, 0.15) is 24.9 Å². The second-order valence-electron chi connectivity index (χ2n) is 7.79. The normalized spacial score (nSPS) is 13.8. The SMILES string of the molecule is C[C@@H](NC(=O)CSc1nnc(-c2ccco2)n1-c1ccccc1)c1ccc2c(c1)OCCCO2. The molecule has 1 aliphatic rings. The van der Waals surface area contributed by atoms with Crippen molar-refractivity contribution in [3.8, 4) is 28.8 Å². The van der Waals surface area contributed by atoms with Crippen LogP contribution in [0.5, 0.6) is 11.5 Å². The van der Waals surface area contributed by atoms with Gasteiger partial charge in [-0.3, -0.25) is 9.36 Å². The minimum absolute atomic E-state index is 0.105. The molecule has 2 aromatic heterocycles. The molecule has 174 valence electrons. The van der Waals surface area contributed by atoms with Crippen LogP contribution < -0.4 is 14.8 Å². The molecule has 0 fully saturated rings. The number of furan rings is 1. The number of aromatic nitrogens is 3. The van der Waals surface area contributed by atoms with Crippen molar-refractivity contribution in [2.24, 2.45) is 0 Å². The highest BCUT2D eigenvalue weighted by molar-refractivity contribution is 7.99. The van der Waals surface area contributed by atoms with Gasteiger partial charge >= 0.3 is 0 Å². The van der Waals surface area contributed by atoms with Crippen molar-refractivity contribution in [1.29, 1.82) is 0 Å². The number of nitrogens with zero attached hydrogens (tertiary/aromatic N) is 3. The molecule has 0 aliphatic carbocycles. The van der Waals surface area contributed by atoms with Crippen molar-refractivity contribution in [3.05, 3.63) is 72.5 Å². The first-order chi connectivity index (χ1) is 16.7. The van der Waals surface area contributed by atoms with Gasteiger partial charge in [-0.05, 0) is 48.9 Å². The van der Waals surface area contributed by atoms with Gasteiger partial charge < -0.3 is 19.2 Å². The summed E-state index contributed by atoms with van der Waals surface area (Å²) >= 11 is 1.32. The fourth-order valence-electron chi connectivity index (χ4n) is 3.68. The van der Waals surface area contributed by atoms with Gasteiger partial charge in [0.2, 0.25) is 11.7 Å². The van der Waals surface area contributed by atoms with E-state index in [1.165, 1.54) is 11.8 Å². The molecule has 0 saturated carbocycles. The first-order valence-electron chi connectivity index (χ1n) is 11.1. The van der Waals surface area contributed by atoms with Gasteiger partial charge in [-0.2, -0.15) is 0 Å². The lowest BCUT2D eigenvalue weighted by Gasteiger charge is -2.16. The Labute approximate surface area is 201 Å². The highest BCUT2D eigenvalue weighted by atomic mass is 32.2. The minimum Gasteiger partial charge on any atom is -0.490 e. The van der Waals surface area contributed by atoms with Gasteiger partial charge in [-0.25, -0.2) is 0 Å². The van der Waals surface area contributed by atoms with Crippen LogP contribution in [0.3, 0.4) is 0 Å². The van der Waals surface area contributed by atoms with Crippen molar-refractivity contribution < 1.29 is 18.7 Å². The fraction of sp³-hybridized carbons (Fsp3) is 0.240. The van der Waals surface area contributed by atoms with E-state index < -0.39 is 0 Å². The second-order valence-corrected chi connectivity index (χ2v) is 8.73. The van der Waals surface area contributed by atoms with Crippen LogP contribution in [-0.2, 0) is 4.79 Å². The fourth-order valence-corrected chi connectivity index (χ4v) is 4.45. The lowest BCUT2D eigenvalue weighted by Crippen LogP contribution is -2.28. The van der Waals surface area contributed by atoms with Crippen LogP contribution in [0.2, 0.25) is 0 Å². The standard InChI is InChI=1S/C25H24N4O4S/c1-17(18-10-11-20-22(15-18)33-14-6-13-31-20)26-23(30)16-34-25-28-27-24(21-9-5-12-32-21)29(25)19-7-3-2-4-8-19/h2-5,7-12,15,17H,6,13-14,16H2,1H3,(H,26,30)/t17-/m1/s1. The molecular weight excluding hydrogens is 452 g/mol. The molecule has 4 aromatic rings. The van der Waals surface area contributed by atoms with Crippen molar-refractivity contribution in [2.75, 3.05) is 19.0 Å². The first kappa shape index (κ1) is 22.1. The average Bonchev–Trinajstić information content (AvgIpc) is 3.48. The summed E-state index contributed by atoms with van der Waals surface area (Å²) in [7, 11) is 0. The molecule has 9 heteroatoms. The molecule has 1 amide bonds. The third-order valence-electron chi connectivity index (χ3n) is 5.37. The molecule has 2 aromatic carbocycles. The topological polar surface area (TPSA) is 91.4 Å². The predicted molar refractivity (Wildman–Crippen MR) is 128 cm³/mol. The Balaban J connectivity index is 1.28. The van der Waals surface area contributed by atoms with Gasteiger partial charge in [0, 0.05) is 12.1 Å². The van der Waals surface area contributed by atoms with Gasteiger partial charge in [0.1, 0.15) is 0 Å². The Morgan fingerprint density at radius 2 is 1.88 bits per heavy atom. The number of hydrogen-bond donors (Lipinski definition) is 1. The van der Waals surface area contributed by atoms with Gasteiger partial charge in [0.25, 0.3) is 0 Å². The molecule has 34 heavy (non-hydrogen) atoms. The molecule has 0 radical (unpaired) electrons. The van der Waals surface area contributed by atoms with E-state index in [4.69, 9.17) is 13.9 Å². The molecule has 0 bridgehead atoms. The zero-order valence-corrected chi connectivity index (χ0v) is 19.5. The number of rotatable bonds is 7.